The molecule has 0 radical (unpaired) electrons. The first kappa shape index (κ1) is 18.5. The van der Waals surface area contributed by atoms with Gasteiger partial charge in [-0.3, -0.25) is 4.57 Å². The first-order chi connectivity index (χ1) is 12.4. The van der Waals surface area contributed by atoms with E-state index in [0.29, 0.717) is 52.7 Å². The molecule has 0 unspecified atom stereocenters. The highest BCUT2D eigenvalue weighted by atomic mass is 35.5. The van der Waals surface area contributed by atoms with E-state index in [9.17, 15) is 9.59 Å². The molecule has 1 aromatic heterocycles. The SMILES string of the molecule is Cc1ccc2c(c1)c(=O)oc(=O)n2CCCCOc1cc(Cl)cc(Cl)c1. The Labute approximate surface area is 159 Å². The van der Waals surface area contributed by atoms with Gasteiger partial charge in [0.15, 0.2) is 0 Å². The van der Waals surface area contributed by atoms with E-state index in [2.05, 4.69) is 0 Å². The second-order valence-corrected chi connectivity index (χ2v) is 6.86. The van der Waals surface area contributed by atoms with Crippen LogP contribution in [0, 0.1) is 6.92 Å². The molecule has 1 heterocycles. The van der Waals surface area contributed by atoms with Crippen LogP contribution in [0.5, 0.6) is 5.75 Å². The van der Waals surface area contributed by atoms with E-state index in [1.54, 1.807) is 30.3 Å². The largest absolute Gasteiger partial charge is 0.493 e. The number of unbranched alkanes of at least 4 members (excludes halogenated alkanes) is 1. The van der Waals surface area contributed by atoms with Crippen molar-refractivity contribution in [1.29, 1.82) is 0 Å². The Kier molecular flexibility index (Phi) is 5.69. The molecule has 7 heteroatoms. The first-order valence-electron chi connectivity index (χ1n) is 8.17. The lowest BCUT2D eigenvalue weighted by Crippen LogP contribution is -2.25. The molecule has 26 heavy (non-hydrogen) atoms. The number of hydrogen-bond donors (Lipinski definition) is 0. The summed E-state index contributed by atoms with van der Waals surface area (Å²) in [5.41, 5.74) is 0.911. The molecule has 0 spiro atoms. The Hall–Kier alpha value is -2.24. The Morgan fingerprint density at radius 1 is 1.04 bits per heavy atom. The zero-order valence-corrected chi connectivity index (χ0v) is 15.6. The predicted octanol–water partition coefficient (Wildman–Crippen LogP) is 4.43. The lowest BCUT2D eigenvalue weighted by Gasteiger charge is -2.10. The van der Waals surface area contributed by atoms with Gasteiger partial charge in [-0.2, -0.15) is 0 Å². The zero-order valence-electron chi connectivity index (χ0n) is 14.1. The summed E-state index contributed by atoms with van der Waals surface area (Å²) in [5.74, 6) is -0.0415. The Morgan fingerprint density at radius 2 is 1.77 bits per heavy atom. The molecule has 0 aliphatic rings. The lowest BCUT2D eigenvalue weighted by atomic mass is 10.1. The van der Waals surface area contributed by atoms with Crippen LogP contribution in [-0.4, -0.2) is 11.2 Å². The molecule has 0 amide bonds. The standard InChI is InChI=1S/C19H17Cl2NO4/c1-12-4-5-17-16(8-12)18(23)26-19(24)22(17)6-2-3-7-25-15-10-13(20)9-14(21)11-15/h4-5,8-11H,2-3,6-7H2,1H3. The highest BCUT2D eigenvalue weighted by Gasteiger charge is 2.09. The van der Waals surface area contributed by atoms with Crippen molar-refractivity contribution in [3.8, 4) is 5.75 Å². The summed E-state index contributed by atoms with van der Waals surface area (Å²) in [5, 5.41) is 1.44. The molecule has 0 N–H and O–H groups in total. The molecular formula is C19H17Cl2NO4. The summed E-state index contributed by atoms with van der Waals surface area (Å²) in [6.07, 6.45) is 1.40. The maximum atomic E-state index is 12.0. The molecule has 0 saturated heterocycles. The minimum Gasteiger partial charge on any atom is -0.493 e. The molecule has 3 rings (SSSR count). The smallest absolute Gasteiger partial charge is 0.422 e. The number of aryl methyl sites for hydroxylation is 2. The minimum absolute atomic E-state index is 0.411. The highest BCUT2D eigenvalue weighted by Crippen LogP contribution is 2.24. The lowest BCUT2D eigenvalue weighted by molar-refractivity contribution is 0.301. The van der Waals surface area contributed by atoms with Gasteiger partial charge in [0.05, 0.1) is 17.5 Å². The van der Waals surface area contributed by atoms with Gasteiger partial charge in [-0.1, -0.05) is 34.8 Å². The van der Waals surface area contributed by atoms with Crippen molar-refractivity contribution >= 4 is 34.1 Å². The number of ether oxygens (including phenoxy) is 1. The van der Waals surface area contributed by atoms with Crippen molar-refractivity contribution < 1.29 is 9.15 Å². The van der Waals surface area contributed by atoms with E-state index in [0.717, 1.165) is 5.56 Å². The van der Waals surface area contributed by atoms with Crippen molar-refractivity contribution in [2.45, 2.75) is 26.3 Å². The Balaban J connectivity index is 1.65. The average molecular weight is 394 g/mol. The van der Waals surface area contributed by atoms with Crippen LogP contribution in [0.25, 0.3) is 10.9 Å². The molecule has 0 bridgehead atoms. The number of nitrogens with zero attached hydrogens (tertiary/aromatic N) is 1. The van der Waals surface area contributed by atoms with Gasteiger partial charge >= 0.3 is 11.4 Å². The van der Waals surface area contributed by atoms with Crippen LogP contribution in [0.3, 0.4) is 0 Å². The molecule has 5 nitrogen and oxygen atoms in total. The number of rotatable bonds is 6. The van der Waals surface area contributed by atoms with E-state index < -0.39 is 11.4 Å². The van der Waals surface area contributed by atoms with Crippen molar-refractivity contribution in [2.24, 2.45) is 0 Å². The third-order valence-corrected chi connectivity index (χ3v) is 4.38. The second kappa shape index (κ2) is 7.98. The summed E-state index contributed by atoms with van der Waals surface area (Å²) in [4.78, 5) is 23.9. The van der Waals surface area contributed by atoms with Gasteiger partial charge in [0, 0.05) is 16.6 Å². The van der Waals surface area contributed by atoms with E-state index in [-0.39, 0.29) is 0 Å². The van der Waals surface area contributed by atoms with Crippen LogP contribution in [0.1, 0.15) is 18.4 Å². The highest BCUT2D eigenvalue weighted by molar-refractivity contribution is 6.34. The molecule has 0 aliphatic heterocycles. The van der Waals surface area contributed by atoms with Crippen molar-refractivity contribution in [3.63, 3.8) is 0 Å². The fourth-order valence-electron chi connectivity index (χ4n) is 2.72. The van der Waals surface area contributed by atoms with E-state index in [1.807, 2.05) is 13.0 Å². The van der Waals surface area contributed by atoms with Gasteiger partial charge < -0.3 is 9.15 Å². The monoisotopic (exact) mass is 393 g/mol. The normalized spacial score (nSPS) is 11.0. The van der Waals surface area contributed by atoms with Crippen molar-refractivity contribution in [2.75, 3.05) is 6.61 Å². The van der Waals surface area contributed by atoms with Crippen LogP contribution >= 0.6 is 23.2 Å². The second-order valence-electron chi connectivity index (χ2n) is 5.99. The molecular weight excluding hydrogens is 377 g/mol. The van der Waals surface area contributed by atoms with Crippen LogP contribution in [0.2, 0.25) is 10.0 Å². The Morgan fingerprint density at radius 3 is 2.50 bits per heavy atom. The van der Waals surface area contributed by atoms with Gasteiger partial charge in [0.2, 0.25) is 0 Å². The molecule has 2 aromatic carbocycles. The van der Waals surface area contributed by atoms with Crippen molar-refractivity contribution in [1.82, 2.24) is 4.57 Å². The summed E-state index contributed by atoms with van der Waals surface area (Å²) < 4.78 is 11.9. The molecule has 136 valence electrons. The average Bonchev–Trinajstić information content (AvgIpc) is 2.56. The van der Waals surface area contributed by atoms with Crippen molar-refractivity contribution in [3.05, 3.63) is 73.0 Å². The van der Waals surface area contributed by atoms with Gasteiger partial charge in [-0.25, -0.2) is 9.59 Å². The zero-order chi connectivity index (χ0) is 18.7. The van der Waals surface area contributed by atoms with Crippen LogP contribution in [0.4, 0.5) is 0 Å². The fraction of sp³-hybridized carbons (Fsp3) is 0.263. The van der Waals surface area contributed by atoms with Crippen LogP contribution < -0.4 is 16.1 Å². The molecule has 0 fully saturated rings. The van der Waals surface area contributed by atoms with E-state index in [4.69, 9.17) is 32.4 Å². The summed E-state index contributed by atoms with van der Waals surface area (Å²) in [6, 6.07) is 10.4. The molecule has 0 saturated carbocycles. The van der Waals surface area contributed by atoms with Gasteiger partial charge in [-0.15, -0.1) is 0 Å². The number of fused-ring (bicyclic) bond motifs is 1. The number of benzene rings is 2. The fourth-order valence-corrected chi connectivity index (χ4v) is 3.23. The van der Waals surface area contributed by atoms with Gasteiger partial charge in [-0.05, 0) is 50.1 Å². The first-order valence-corrected chi connectivity index (χ1v) is 8.93. The summed E-state index contributed by atoms with van der Waals surface area (Å²) in [7, 11) is 0. The maximum absolute atomic E-state index is 12.0. The van der Waals surface area contributed by atoms with Gasteiger partial charge in [0.1, 0.15) is 5.75 Å². The minimum atomic E-state index is -0.645. The van der Waals surface area contributed by atoms with Gasteiger partial charge in [0.25, 0.3) is 0 Å². The summed E-state index contributed by atoms with van der Waals surface area (Å²) >= 11 is 11.9. The predicted molar refractivity (Wildman–Crippen MR) is 103 cm³/mol. The van der Waals surface area contributed by atoms with E-state index in [1.165, 1.54) is 4.57 Å². The van der Waals surface area contributed by atoms with Crippen LogP contribution in [0.15, 0.2) is 50.4 Å². The maximum Gasteiger partial charge on any atom is 0.422 e. The Bertz CT molecular complexity index is 1040. The topological polar surface area (TPSA) is 61.4 Å². The summed E-state index contributed by atoms with van der Waals surface area (Å²) in [6.45, 7) is 2.77. The quantitative estimate of drug-likeness (QED) is 0.581. The molecule has 0 atom stereocenters. The van der Waals surface area contributed by atoms with Crippen LogP contribution in [-0.2, 0) is 6.54 Å². The number of hydrogen-bond acceptors (Lipinski definition) is 4. The molecule has 0 aliphatic carbocycles. The molecule has 3 aromatic rings. The number of halogens is 2. The third-order valence-electron chi connectivity index (χ3n) is 3.94. The number of aromatic nitrogens is 1. The van der Waals surface area contributed by atoms with E-state index >= 15 is 0 Å². The third kappa shape index (κ3) is 4.29.